The van der Waals surface area contributed by atoms with Crippen LogP contribution in [0.25, 0.3) is 0 Å². The second-order valence-electron chi connectivity index (χ2n) is 3.65. The largest absolute Gasteiger partial charge is 0.299 e. The van der Waals surface area contributed by atoms with Crippen molar-refractivity contribution in [2.45, 2.75) is 31.7 Å². The maximum atomic E-state index is 4.42. The summed E-state index contributed by atoms with van der Waals surface area (Å²) in [7, 11) is 0. The van der Waals surface area contributed by atoms with E-state index in [9.17, 15) is 0 Å². The molecule has 1 saturated carbocycles. The molecular formula is C9H17N2. The van der Waals surface area contributed by atoms with Gasteiger partial charge >= 0.3 is 0 Å². The van der Waals surface area contributed by atoms with Gasteiger partial charge in [-0.15, -0.1) is 0 Å². The van der Waals surface area contributed by atoms with Gasteiger partial charge in [0.2, 0.25) is 0 Å². The predicted octanol–water partition coefficient (Wildman–Crippen LogP) is 0.849. The molecule has 2 heteroatoms. The van der Waals surface area contributed by atoms with Crippen LogP contribution in [-0.2, 0) is 0 Å². The molecule has 63 valence electrons. The minimum Gasteiger partial charge on any atom is -0.299 e. The molecule has 0 amide bonds. The lowest BCUT2D eigenvalue weighted by Gasteiger charge is -2.36. The quantitative estimate of drug-likeness (QED) is 0.546. The zero-order valence-corrected chi connectivity index (χ0v) is 7.13. The van der Waals surface area contributed by atoms with Crippen molar-refractivity contribution in [1.29, 1.82) is 0 Å². The Balaban J connectivity index is 1.80. The van der Waals surface area contributed by atoms with E-state index in [0.717, 1.165) is 19.1 Å². The molecule has 2 nitrogen and oxygen atoms in total. The highest BCUT2D eigenvalue weighted by molar-refractivity contribution is 4.81. The van der Waals surface area contributed by atoms with Gasteiger partial charge in [0.25, 0.3) is 0 Å². The van der Waals surface area contributed by atoms with Crippen molar-refractivity contribution in [3.8, 4) is 0 Å². The van der Waals surface area contributed by atoms with Crippen LogP contribution in [0.5, 0.6) is 0 Å². The summed E-state index contributed by atoms with van der Waals surface area (Å²) in [5.74, 6) is 0. The Labute approximate surface area is 69.0 Å². The third-order valence-corrected chi connectivity index (χ3v) is 2.90. The van der Waals surface area contributed by atoms with Gasteiger partial charge < -0.3 is 0 Å². The normalized spacial score (nSPS) is 29.5. The van der Waals surface area contributed by atoms with Gasteiger partial charge in [-0.2, -0.15) is 0 Å². The van der Waals surface area contributed by atoms with Crippen LogP contribution in [0.1, 0.15) is 25.7 Å². The standard InChI is InChI=1S/C9H17N2/c1-3-9(4-1)11-7-2-5-10-6-8-11/h9H,1-8H2. The molecule has 0 spiro atoms. The Morgan fingerprint density at radius 2 is 1.91 bits per heavy atom. The van der Waals surface area contributed by atoms with Gasteiger partial charge in [-0.3, -0.25) is 4.90 Å². The fraction of sp³-hybridized carbons (Fsp3) is 1.00. The van der Waals surface area contributed by atoms with E-state index in [0.29, 0.717) is 0 Å². The summed E-state index contributed by atoms with van der Waals surface area (Å²) < 4.78 is 0. The summed E-state index contributed by atoms with van der Waals surface area (Å²) in [6.07, 6.45) is 5.63. The Kier molecular flexibility index (Phi) is 2.44. The summed E-state index contributed by atoms with van der Waals surface area (Å²) in [6.45, 7) is 4.71. The molecule has 1 radical (unpaired) electrons. The van der Waals surface area contributed by atoms with E-state index < -0.39 is 0 Å². The van der Waals surface area contributed by atoms with Gasteiger partial charge in [-0.05, 0) is 25.8 Å². The zero-order valence-electron chi connectivity index (χ0n) is 7.13. The molecular weight excluding hydrogens is 136 g/mol. The molecule has 0 N–H and O–H groups in total. The van der Waals surface area contributed by atoms with Crippen molar-refractivity contribution < 1.29 is 0 Å². The first-order valence-electron chi connectivity index (χ1n) is 4.84. The average Bonchev–Trinajstić information content (AvgIpc) is 2.12. The van der Waals surface area contributed by atoms with E-state index in [2.05, 4.69) is 10.2 Å². The molecule has 2 fully saturated rings. The first-order valence-corrected chi connectivity index (χ1v) is 4.84. The molecule has 1 aliphatic heterocycles. The van der Waals surface area contributed by atoms with E-state index in [-0.39, 0.29) is 0 Å². The van der Waals surface area contributed by atoms with Crippen molar-refractivity contribution in [2.24, 2.45) is 0 Å². The lowest BCUT2D eigenvalue weighted by Crippen LogP contribution is -2.41. The van der Waals surface area contributed by atoms with E-state index in [1.54, 1.807) is 0 Å². The van der Waals surface area contributed by atoms with Crippen molar-refractivity contribution in [3.63, 3.8) is 0 Å². The van der Waals surface area contributed by atoms with Gasteiger partial charge in [0.05, 0.1) is 0 Å². The van der Waals surface area contributed by atoms with E-state index in [1.165, 1.54) is 38.8 Å². The second kappa shape index (κ2) is 3.55. The maximum Gasteiger partial charge on any atom is 0.0261 e. The number of rotatable bonds is 1. The summed E-state index contributed by atoms with van der Waals surface area (Å²) >= 11 is 0. The molecule has 0 bridgehead atoms. The maximum absolute atomic E-state index is 4.42. The molecule has 1 saturated heterocycles. The van der Waals surface area contributed by atoms with Crippen LogP contribution in [0.3, 0.4) is 0 Å². The highest BCUT2D eigenvalue weighted by atomic mass is 15.2. The summed E-state index contributed by atoms with van der Waals surface area (Å²) in [4.78, 5) is 2.64. The van der Waals surface area contributed by atoms with Crippen molar-refractivity contribution in [1.82, 2.24) is 10.2 Å². The van der Waals surface area contributed by atoms with Crippen molar-refractivity contribution in [3.05, 3.63) is 0 Å². The third kappa shape index (κ3) is 1.74. The van der Waals surface area contributed by atoms with E-state index in [1.807, 2.05) is 0 Å². The Morgan fingerprint density at radius 1 is 1.00 bits per heavy atom. The van der Waals surface area contributed by atoms with Crippen LogP contribution in [0.4, 0.5) is 0 Å². The van der Waals surface area contributed by atoms with Crippen molar-refractivity contribution in [2.75, 3.05) is 26.2 Å². The Morgan fingerprint density at radius 3 is 2.64 bits per heavy atom. The summed E-state index contributed by atoms with van der Waals surface area (Å²) in [5.41, 5.74) is 0. The van der Waals surface area contributed by atoms with Crippen LogP contribution in [-0.4, -0.2) is 37.1 Å². The molecule has 1 aliphatic carbocycles. The molecule has 2 rings (SSSR count). The number of hydrogen-bond acceptors (Lipinski definition) is 1. The van der Waals surface area contributed by atoms with Crippen LogP contribution in [0.15, 0.2) is 0 Å². The molecule has 0 aromatic carbocycles. The van der Waals surface area contributed by atoms with Crippen LogP contribution in [0.2, 0.25) is 0 Å². The minimum absolute atomic E-state index is 0.934. The minimum atomic E-state index is 0.934. The Bertz CT molecular complexity index is 113. The molecule has 0 atom stereocenters. The zero-order chi connectivity index (χ0) is 7.52. The Hall–Kier alpha value is -0.0800. The second-order valence-corrected chi connectivity index (χ2v) is 3.65. The summed E-state index contributed by atoms with van der Waals surface area (Å²) in [5, 5.41) is 4.42. The van der Waals surface area contributed by atoms with Gasteiger partial charge in [0.15, 0.2) is 0 Å². The smallest absolute Gasteiger partial charge is 0.0261 e. The predicted molar refractivity (Wildman–Crippen MR) is 45.7 cm³/mol. The third-order valence-electron chi connectivity index (χ3n) is 2.90. The van der Waals surface area contributed by atoms with Gasteiger partial charge in [-0.1, -0.05) is 6.42 Å². The molecule has 0 aromatic heterocycles. The summed E-state index contributed by atoms with van der Waals surface area (Å²) in [6, 6.07) is 0.934. The van der Waals surface area contributed by atoms with E-state index >= 15 is 0 Å². The van der Waals surface area contributed by atoms with Crippen LogP contribution in [0, 0.1) is 0 Å². The van der Waals surface area contributed by atoms with Crippen molar-refractivity contribution >= 4 is 0 Å². The first-order chi connectivity index (χ1) is 5.47. The topological polar surface area (TPSA) is 17.3 Å². The molecule has 11 heavy (non-hydrogen) atoms. The molecule has 1 heterocycles. The fourth-order valence-electron chi connectivity index (χ4n) is 1.93. The highest BCUT2D eigenvalue weighted by Gasteiger charge is 2.24. The molecule has 0 unspecified atom stereocenters. The SMILES string of the molecule is C1CC(N2CCC[N]CC2)C1. The van der Waals surface area contributed by atoms with Crippen LogP contribution >= 0.6 is 0 Å². The first kappa shape index (κ1) is 7.56. The van der Waals surface area contributed by atoms with Gasteiger partial charge in [-0.25, -0.2) is 5.32 Å². The number of nitrogens with zero attached hydrogens (tertiary/aromatic N) is 2. The van der Waals surface area contributed by atoms with Gasteiger partial charge in [0, 0.05) is 25.7 Å². The fourth-order valence-corrected chi connectivity index (χ4v) is 1.93. The average molecular weight is 153 g/mol. The molecule has 2 aliphatic rings. The lowest BCUT2D eigenvalue weighted by molar-refractivity contribution is 0.136. The highest BCUT2D eigenvalue weighted by Crippen LogP contribution is 2.24. The van der Waals surface area contributed by atoms with E-state index in [4.69, 9.17) is 0 Å². The number of hydrogen-bond donors (Lipinski definition) is 0. The monoisotopic (exact) mass is 153 g/mol. The van der Waals surface area contributed by atoms with Crippen LogP contribution < -0.4 is 5.32 Å². The lowest BCUT2D eigenvalue weighted by atomic mass is 9.91. The van der Waals surface area contributed by atoms with Gasteiger partial charge in [0.1, 0.15) is 0 Å². The molecule has 0 aromatic rings.